The Hall–Kier alpha value is -2.28. The third-order valence-corrected chi connectivity index (χ3v) is 2.14. The van der Waals surface area contributed by atoms with Crippen molar-refractivity contribution in [3.05, 3.63) is 35.5 Å². The van der Waals surface area contributed by atoms with E-state index in [9.17, 15) is 9.18 Å². The van der Waals surface area contributed by atoms with E-state index in [0.717, 1.165) is 0 Å². The first-order chi connectivity index (χ1) is 8.11. The molecule has 6 nitrogen and oxygen atoms in total. The minimum Gasteiger partial charge on any atom is -0.412 e. The molecule has 7 heteroatoms. The molecule has 0 aliphatic rings. The van der Waals surface area contributed by atoms with Gasteiger partial charge in [0.05, 0.1) is 0 Å². The molecule has 0 aliphatic carbocycles. The number of nitrogens with zero attached hydrogens (tertiary/aromatic N) is 2. The van der Waals surface area contributed by atoms with Crippen molar-refractivity contribution >= 4 is 5.91 Å². The molecule has 0 aliphatic heterocycles. The van der Waals surface area contributed by atoms with Crippen molar-refractivity contribution < 1.29 is 18.8 Å². The summed E-state index contributed by atoms with van der Waals surface area (Å²) in [5.41, 5.74) is 2.50. The van der Waals surface area contributed by atoms with Crippen LogP contribution in [-0.2, 0) is 0 Å². The van der Waals surface area contributed by atoms with Gasteiger partial charge < -0.3 is 4.42 Å². The summed E-state index contributed by atoms with van der Waals surface area (Å²) in [6.07, 6.45) is 0. The average Bonchev–Trinajstić information content (AvgIpc) is 2.77. The summed E-state index contributed by atoms with van der Waals surface area (Å²) in [7, 11) is 0. The van der Waals surface area contributed by atoms with Gasteiger partial charge in [-0.1, -0.05) is 0 Å². The first-order valence-electron chi connectivity index (χ1n) is 4.66. The summed E-state index contributed by atoms with van der Waals surface area (Å²) in [4.78, 5) is 11.0. The molecule has 0 atom stereocenters. The van der Waals surface area contributed by atoms with E-state index in [1.54, 1.807) is 6.92 Å². The van der Waals surface area contributed by atoms with Gasteiger partial charge in [-0.2, -0.15) is 0 Å². The molecular formula is C10H8FN3O3. The van der Waals surface area contributed by atoms with Crippen LogP contribution in [0.15, 0.2) is 22.6 Å². The number of carbonyl (C=O) groups excluding carboxylic acids is 1. The van der Waals surface area contributed by atoms with Gasteiger partial charge in [-0.15, -0.1) is 10.2 Å². The average molecular weight is 237 g/mol. The van der Waals surface area contributed by atoms with E-state index < -0.39 is 5.91 Å². The highest BCUT2D eigenvalue weighted by Crippen LogP contribution is 2.22. The van der Waals surface area contributed by atoms with Crippen LogP contribution in [0.25, 0.3) is 11.5 Å². The minimum absolute atomic E-state index is 0.0844. The fraction of sp³-hybridized carbons (Fsp3) is 0.100. The van der Waals surface area contributed by atoms with Crippen LogP contribution in [0.2, 0.25) is 0 Å². The van der Waals surface area contributed by atoms with E-state index in [1.807, 2.05) is 0 Å². The van der Waals surface area contributed by atoms with Crippen LogP contribution in [0.3, 0.4) is 0 Å². The number of amides is 1. The Morgan fingerprint density at radius 3 is 2.88 bits per heavy atom. The van der Waals surface area contributed by atoms with Gasteiger partial charge >= 0.3 is 11.8 Å². The largest absolute Gasteiger partial charge is 0.412 e. The fourth-order valence-corrected chi connectivity index (χ4v) is 1.34. The number of benzene rings is 1. The Balaban J connectivity index is 2.40. The number of aromatic nitrogens is 2. The van der Waals surface area contributed by atoms with E-state index in [-0.39, 0.29) is 17.6 Å². The normalized spacial score (nSPS) is 10.3. The lowest BCUT2D eigenvalue weighted by Crippen LogP contribution is -2.18. The number of hydroxylamine groups is 1. The summed E-state index contributed by atoms with van der Waals surface area (Å²) in [5.74, 6) is -1.56. The van der Waals surface area contributed by atoms with E-state index in [4.69, 9.17) is 9.62 Å². The van der Waals surface area contributed by atoms with Gasteiger partial charge in [0.1, 0.15) is 5.82 Å². The second kappa shape index (κ2) is 4.30. The lowest BCUT2D eigenvalue weighted by Gasteiger charge is -1.99. The van der Waals surface area contributed by atoms with E-state index in [0.29, 0.717) is 11.1 Å². The lowest BCUT2D eigenvalue weighted by atomic mass is 10.1. The molecule has 1 heterocycles. The van der Waals surface area contributed by atoms with Crippen LogP contribution in [0.5, 0.6) is 0 Å². The highest BCUT2D eigenvalue weighted by Gasteiger charge is 2.16. The maximum Gasteiger partial charge on any atom is 0.332 e. The SMILES string of the molecule is Cc1cc(F)ccc1-c1nnc(C(=O)NO)o1. The molecule has 0 unspecified atom stereocenters. The Morgan fingerprint density at radius 2 is 2.24 bits per heavy atom. The standard InChI is InChI=1S/C10H8FN3O3/c1-5-4-6(11)2-3-7(5)9-12-13-10(17-9)8(15)14-16/h2-4,16H,1H3,(H,14,15). The second-order valence-corrected chi connectivity index (χ2v) is 3.31. The van der Waals surface area contributed by atoms with Crippen molar-refractivity contribution in [3.8, 4) is 11.5 Å². The first-order valence-corrected chi connectivity index (χ1v) is 4.66. The Bertz CT molecular complexity index is 568. The van der Waals surface area contributed by atoms with Gasteiger partial charge in [-0.05, 0) is 30.7 Å². The van der Waals surface area contributed by atoms with Crippen LogP contribution in [0.1, 0.15) is 16.2 Å². The quantitative estimate of drug-likeness (QED) is 0.607. The third-order valence-electron chi connectivity index (χ3n) is 2.14. The first kappa shape index (κ1) is 11.2. The van der Waals surface area contributed by atoms with Crippen molar-refractivity contribution in [1.82, 2.24) is 15.7 Å². The van der Waals surface area contributed by atoms with Crippen molar-refractivity contribution in [1.29, 1.82) is 0 Å². The van der Waals surface area contributed by atoms with Gasteiger partial charge in [0.15, 0.2) is 0 Å². The molecule has 0 spiro atoms. The van der Waals surface area contributed by atoms with Gasteiger partial charge in [-0.25, -0.2) is 9.87 Å². The molecule has 1 aromatic carbocycles. The van der Waals surface area contributed by atoms with Crippen molar-refractivity contribution in [3.63, 3.8) is 0 Å². The van der Waals surface area contributed by atoms with E-state index in [1.165, 1.54) is 23.7 Å². The molecule has 2 rings (SSSR count). The van der Waals surface area contributed by atoms with E-state index in [2.05, 4.69) is 10.2 Å². The smallest absolute Gasteiger partial charge is 0.332 e. The monoisotopic (exact) mass is 237 g/mol. The number of carbonyl (C=O) groups is 1. The summed E-state index contributed by atoms with van der Waals surface area (Å²) in [5, 5.41) is 15.5. The number of nitrogens with one attached hydrogen (secondary N) is 1. The molecule has 88 valence electrons. The summed E-state index contributed by atoms with van der Waals surface area (Å²) < 4.78 is 17.9. The molecule has 1 aromatic heterocycles. The molecule has 2 N–H and O–H groups in total. The number of rotatable bonds is 2. The zero-order valence-corrected chi connectivity index (χ0v) is 8.77. The number of halogens is 1. The van der Waals surface area contributed by atoms with Gasteiger partial charge in [0.25, 0.3) is 0 Å². The van der Waals surface area contributed by atoms with Crippen LogP contribution in [0, 0.1) is 12.7 Å². The van der Waals surface area contributed by atoms with Crippen molar-refractivity contribution in [2.24, 2.45) is 0 Å². The predicted molar refractivity (Wildman–Crippen MR) is 53.7 cm³/mol. The highest BCUT2D eigenvalue weighted by molar-refractivity contribution is 5.88. The summed E-state index contributed by atoms with van der Waals surface area (Å²) >= 11 is 0. The Kier molecular flexibility index (Phi) is 2.84. The maximum atomic E-state index is 12.9. The van der Waals surface area contributed by atoms with Crippen LogP contribution >= 0.6 is 0 Å². The fourth-order valence-electron chi connectivity index (χ4n) is 1.34. The Labute approximate surface area is 95.0 Å². The molecular weight excluding hydrogens is 229 g/mol. The zero-order chi connectivity index (χ0) is 12.4. The molecule has 0 bridgehead atoms. The maximum absolute atomic E-state index is 12.9. The molecule has 2 aromatic rings. The molecule has 0 radical (unpaired) electrons. The Morgan fingerprint density at radius 1 is 1.47 bits per heavy atom. The minimum atomic E-state index is -0.900. The molecule has 0 fully saturated rings. The molecule has 0 saturated carbocycles. The summed E-state index contributed by atoms with van der Waals surface area (Å²) in [6, 6.07) is 4.03. The van der Waals surface area contributed by atoms with Crippen LogP contribution in [-0.4, -0.2) is 21.3 Å². The number of hydrogen-bond acceptors (Lipinski definition) is 5. The van der Waals surface area contributed by atoms with Gasteiger partial charge in [0, 0.05) is 5.56 Å². The van der Waals surface area contributed by atoms with Crippen molar-refractivity contribution in [2.75, 3.05) is 0 Å². The third kappa shape index (κ3) is 2.13. The van der Waals surface area contributed by atoms with Crippen molar-refractivity contribution in [2.45, 2.75) is 6.92 Å². The summed E-state index contributed by atoms with van der Waals surface area (Å²) in [6.45, 7) is 1.68. The van der Waals surface area contributed by atoms with E-state index >= 15 is 0 Å². The number of aryl methyl sites for hydroxylation is 1. The van der Waals surface area contributed by atoms with Crippen LogP contribution in [0.4, 0.5) is 4.39 Å². The molecule has 1 amide bonds. The topological polar surface area (TPSA) is 88.2 Å². The zero-order valence-electron chi connectivity index (χ0n) is 8.77. The van der Waals surface area contributed by atoms with Crippen LogP contribution < -0.4 is 5.48 Å². The molecule has 0 saturated heterocycles. The predicted octanol–water partition coefficient (Wildman–Crippen LogP) is 1.30. The highest BCUT2D eigenvalue weighted by atomic mass is 19.1. The van der Waals surface area contributed by atoms with Gasteiger partial charge in [-0.3, -0.25) is 10.0 Å². The van der Waals surface area contributed by atoms with Gasteiger partial charge in [0.2, 0.25) is 5.89 Å². The molecule has 17 heavy (non-hydrogen) atoms. The second-order valence-electron chi connectivity index (χ2n) is 3.31. The number of hydrogen-bond donors (Lipinski definition) is 2. The lowest BCUT2D eigenvalue weighted by molar-refractivity contribution is 0.0669.